The van der Waals surface area contributed by atoms with E-state index in [-0.39, 0.29) is 6.54 Å². The number of aromatic nitrogens is 1. The van der Waals surface area contributed by atoms with E-state index >= 15 is 0 Å². The smallest absolute Gasteiger partial charge is 0.407 e. The van der Waals surface area contributed by atoms with Gasteiger partial charge in [0.2, 0.25) is 10.0 Å². The Kier molecular flexibility index (Phi) is 5.11. The van der Waals surface area contributed by atoms with Crippen molar-refractivity contribution in [3.05, 3.63) is 29.3 Å². The van der Waals surface area contributed by atoms with Crippen LogP contribution in [0.5, 0.6) is 0 Å². The molecule has 2 aromatic rings. The van der Waals surface area contributed by atoms with E-state index in [9.17, 15) is 18.3 Å². The number of pyridine rings is 1. The van der Waals surface area contributed by atoms with Crippen LogP contribution in [0.2, 0.25) is 0 Å². The molecule has 0 saturated carbocycles. The molecule has 0 aliphatic carbocycles. The maximum Gasteiger partial charge on any atom is 0.407 e. The molecule has 2 unspecified atom stereocenters. The van der Waals surface area contributed by atoms with Crippen molar-refractivity contribution in [2.24, 2.45) is 5.41 Å². The summed E-state index contributed by atoms with van der Waals surface area (Å²) in [6.45, 7) is 6.71. The zero-order chi connectivity index (χ0) is 21.0. The van der Waals surface area contributed by atoms with E-state index in [1.807, 2.05) is 26.8 Å². The monoisotopic (exact) mass is 437 g/mol. The lowest BCUT2D eigenvalue weighted by molar-refractivity contribution is 0.0218. The van der Waals surface area contributed by atoms with Crippen LogP contribution in [0.1, 0.15) is 45.1 Å². The molecule has 29 heavy (non-hydrogen) atoms. The van der Waals surface area contributed by atoms with Crippen molar-refractivity contribution >= 4 is 37.7 Å². The molecule has 2 aliphatic heterocycles. The van der Waals surface area contributed by atoms with Gasteiger partial charge in [-0.3, -0.25) is 0 Å². The van der Waals surface area contributed by atoms with E-state index in [1.165, 1.54) is 15.8 Å². The van der Waals surface area contributed by atoms with Gasteiger partial charge in [-0.2, -0.15) is 0 Å². The molecule has 2 aromatic heterocycles. The number of hydrogen-bond donors (Lipinski definition) is 1. The van der Waals surface area contributed by atoms with E-state index < -0.39 is 32.8 Å². The fourth-order valence-electron chi connectivity index (χ4n) is 4.77. The Balaban J connectivity index is 1.48. The summed E-state index contributed by atoms with van der Waals surface area (Å²) in [6, 6.07) is 3.50. The Labute approximate surface area is 175 Å². The number of nitrogens with zero attached hydrogens (tertiary/aromatic N) is 3. The highest BCUT2D eigenvalue weighted by Gasteiger charge is 2.55. The normalized spacial score (nSPS) is 24.6. The third kappa shape index (κ3) is 3.53. The van der Waals surface area contributed by atoms with Gasteiger partial charge >= 0.3 is 6.09 Å². The van der Waals surface area contributed by atoms with E-state index in [0.717, 1.165) is 17.7 Å². The van der Waals surface area contributed by atoms with Crippen molar-refractivity contribution in [2.75, 3.05) is 19.6 Å². The highest BCUT2D eigenvalue weighted by molar-refractivity contribution is 7.89. The van der Waals surface area contributed by atoms with Gasteiger partial charge in [-0.05, 0) is 41.2 Å². The zero-order valence-electron chi connectivity index (χ0n) is 16.9. The molecule has 7 nitrogen and oxygen atoms in total. The van der Waals surface area contributed by atoms with Crippen LogP contribution in [-0.2, 0) is 10.0 Å². The van der Waals surface area contributed by atoms with Gasteiger partial charge in [-0.15, -0.1) is 11.3 Å². The first-order valence-electron chi connectivity index (χ1n) is 9.91. The summed E-state index contributed by atoms with van der Waals surface area (Å²) in [5.74, 6) is 0.328. The fourth-order valence-corrected chi connectivity index (χ4v) is 8.09. The molecule has 1 N–H and O–H groups in total. The Bertz CT molecular complexity index is 1020. The van der Waals surface area contributed by atoms with Crippen LogP contribution < -0.4 is 0 Å². The van der Waals surface area contributed by atoms with Gasteiger partial charge in [0, 0.05) is 31.2 Å². The van der Waals surface area contributed by atoms with Crippen LogP contribution in [0, 0.1) is 5.41 Å². The standard InChI is InChI=1S/C20H27N3O4S2/c1-20(2,3)17-16(11-23(17)19(24)25)29(26,27)22-9-6-13(7-10-22)15-12-28-18-14(15)5-4-8-21-18/h4-5,8,12-13,16-17H,6-7,9-11H2,1-3H3,(H,24,25). The molecule has 0 aromatic carbocycles. The average Bonchev–Trinajstić information content (AvgIpc) is 3.03. The van der Waals surface area contributed by atoms with Crippen molar-refractivity contribution in [1.82, 2.24) is 14.2 Å². The minimum absolute atomic E-state index is 0.0559. The van der Waals surface area contributed by atoms with Crippen LogP contribution in [-0.4, -0.2) is 64.7 Å². The first kappa shape index (κ1) is 20.6. The van der Waals surface area contributed by atoms with Crippen LogP contribution in [0.15, 0.2) is 23.7 Å². The molecule has 2 saturated heterocycles. The van der Waals surface area contributed by atoms with Gasteiger partial charge < -0.3 is 10.0 Å². The molecule has 0 radical (unpaired) electrons. The zero-order valence-corrected chi connectivity index (χ0v) is 18.5. The lowest BCUT2D eigenvalue weighted by Crippen LogP contribution is -2.70. The van der Waals surface area contributed by atoms with Crippen molar-refractivity contribution in [3.8, 4) is 0 Å². The lowest BCUT2D eigenvalue weighted by Gasteiger charge is -2.53. The van der Waals surface area contributed by atoms with Gasteiger partial charge in [-0.25, -0.2) is 22.5 Å². The summed E-state index contributed by atoms with van der Waals surface area (Å²) in [5.41, 5.74) is 0.832. The third-order valence-electron chi connectivity index (χ3n) is 6.21. The van der Waals surface area contributed by atoms with Crippen molar-refractivity contribution in [3.63, 3.8) is 0 Å². The topological polar surface area (TPSA) is 90.8 Å². The van der Waals surface area contributed by atoms with E-state index in [4.69, 9.17) is 0 Å². The molecule has 4 heterocycles. The molecule has 4 rings (SSSR count). The minimum Gasteiger partial charge on any atom is -0.465 e. The summed E-state index contributed by atoms with van der Waals surface area (Å²) in [4.78, 5) is 18.2. The second kappa shape index (κ2) is 7.21. The highest BCUT2D eigenvalue weighted by atomic mass is 32.2. The number of hydrogen-bond acceptors (Lipinski definition) is 5. The van der Waals surface area contributed by atoms with Gasteiger partial charge in [0.15, 0.2) is 0 Å². The fraction of sp³-hybridized carbons (Fsp3) is 0.600. The van der Waals surface area contributed by atoms with Gasteiger partial charge in [0.1, 0.15) is 10.1 Å². The Morgan fingerprint density at radius 1 is 1.28 bits per heavy atom. The predicted molar refractivity (Wildman–Crippen MR) is 114 cm³/mol. The summed E-state index contributed by atoms with van der Waals surface area (Å²) in [6.07, 6.45) is 2.29. The summed E-state index contributed by atoms with van der Waals surface area (Å²) in [5, 5.41) is 12.1. The Morgan fingerprint density at radius 3 is 2.59 bits per heavy atom. The number of carbonyl (C=O) groups is 1. The SMILES string of the molecule is CC(C)(C)C1C(S(=O)(=O)N2CCC(c3csc4ncccc34)CC2)CN1C(=O)O. The first-order valence-corrected chi connectivity index (χ1v) is 12.3. The second-order valence-corrected chi connectivity index (χ2v) is 12.1. The van der Waals surface area contributed by atoms with E-state index in [0.29, 0.717) is 19.0 Å². The maximum absolute atomic E-state index is 13.3. The largest absolute Gasteiger partial charge is 0.465 e. The summed E-state index contributed by atoms with van der Waals surface area (Å²) < 4.78 is 28.2. The summed E-state index contributed by atoms with van der Waals surface area (Å²) in [7, 11) is -3.54. The molecule has 158 valence electrons. The minimum atomic E-state index is -3.54. The summed E-state index contributed by atoms with van der Waals surface area (Å²) >= 11 is 1.63. The molecule has 9 heteroatoms. The quantitative estimate of drug-likeness (QED) is 0.792. The molecular formula is C20H27N3O4S2. The predicted octanol–water partition coefficient (Wildman–Crippen LogP) is 3.58. The Hall–Kier alpha value is -1.71. The number of amides is 1. The number of likely N-dealkylation sites (tertiary alicyclic amines) is 1. The van der Waals surface area contributed by atoms with Crippen molar-refractivity contribution in [2.45, 2.75) is 50.8 Å². The molecule has 0 spiro atoms. The van der Waals surface area contributed by atoms with Crippen molar-refractivity contribution in [1.29, 1.82) is 0 Å². The molecule has 1 amide bonds. The lowest BCUT2D eigenvalue weighted by atomic mass is 9.79. The van der Waals surface area contributed by atoms with Crippen LogP contribution in [0.3, 0.4) is 0 Å². The highest BCUT2D eigenvalue weighted by Crippen LogP contribution is 2.41. The molecule has 2 aliphatic rings. The number of fused-ring (bicyclic) bond motifs is 1. The maximum atomic E-state index is 13.3. The average molecular weight is 438 g/mol. The van der Waals surface area contributed by atoms with Crippen LogP contribution in [0.4, 0.5) is 4.79 Å². The second-order valence-electron chi connectivity index (χ2n) is 9.05. The molecular weight excluding hydrogens is 410 g/mol. The van der Waals surface area contributed by atoms with Crippen LogP contribution >= 0.6 is 11.3 Å². The molecule has 0 bridgehead atoms. The number of piperidine rings is 1. The van der Waals surface area contributed by atoms with E-state index in [2.05, 4.69) is 16.4 Å². The van der Waals surface area contributed by atoms with Crippen LogP contribution in [0.25, 0.3) is 10.2 Å². The Morgan fingerprint density at radius 2 is 1.97 bits per heavy atom. The number of carboxylic acid groups (broad SMARTS) is 1. The first-order chi connectivity index (χ1) is 13.6. The molecule has 2 fully saturated rings. The third-order valence-corrected chi connectivity index (χ3v) is 9.39. The number of sulfonamides is 1. The van der Waals surface area contributed by atoms with Gasteiger partial charge in [0.05, 0.1) is 6.04 Å². The van der Waals surface area contributed by atoms with Gasteiger partial charge in [0.25, 0.3) is 0 Å². The van der Waals surface area contributed by atoms with Crippen molar-refractivity contribution < 1.29 is 18.3 Å². The van der Waals surface area contributed by atoms with E-state index in [1.54, 1.807) is 21.8 Å². The number of rotatable bonds is 3. The van der Waals surface area contributed by atoms with Gasteiger partial charge in [-0.1, -0.05) is 26.8 Å². The molecule has 2 atom stereocenters. The number of thiophene rings is 1.